The van der Waals surface area contributed by atoms with Crippen molar-refractivity contribution in [2.24, 2.45) is 11.3 Å². The number of carbonyl (C=O) groups is 1. The molecular weight excluding hydrogens is 168 g/mol. The molecular formula is C10H20O3. The number of aliphatic hydroxyl groups excluding tert-OH is 1. The fraction of sp³-hybridized carbons (Fsp3) is 0.900. The molecule has 0 spiro atoms. The second-order valence-electron chi connectivity index (χ2n) is 4.81. The van der Waals surface area contributed by atoms with Gasteiger partial charge >= 0.3 is 5.97 Å². The Bertz CT molecular complexity index is 167. The van der Waals surface area contributed by atoms with E-state index in [1.807, 2.05) is 20.8 Å². The molecule has 0 saturated heterocycles. The Morgan fingerprint density at radius 1 is 1.38 bits per heavy atom. The fourth-order valence-electron chi connectivity index (χ4n) is 0.836. The van der Waals surface area contributed by atoms with Crippen LogP contribution >= 0.6 is 0 Å². The predicted octanol–water partition coefficient (Wildman–Crippen LogP) is 1.94. The molecule has 0 radical (unpaired) electrons. The van der Waals surface area contributed by atoms with Gasteiger partial charge in [-0.2, -0.15) is 0 Å². The van der Waals surface area contributed by atoms with E-state index in [0.29, 0.717) is 6.42 Å². The normalized spacial score (nSPS) is 14.4. The molecule has 0 saturated carbocycles. The van der Waals surface area contributed by atoms with Gasteiger partial charge in [0.05, 0.1) is 5.92 Å². The Labute approximate surface area is 80.1 Å². The number of ether oxygens (including phenoxy) is 1. The molecule has 0 amide bonds. The molecule has 13 heavy (non-hydrogen) atoms. The molecule has 0 fully saturated rings. The zero-order chi connectivity index (χ0) is 10.6. The maximum absolute atomic E-state index is 11.1. The maximum Gasteiger partial charge on any atom is 0.310 e. The van der Waals surface area contributed by atoms with Crippen molar-refractivity contribution in [2.75, 3.05) is 0 Å². The standard InChI is InChI=1S/C10H20O3/c1-7(2)9(12)13-8(11)6-10(3,4)5/h7-8,11H,6H2,1-5H3. The van der Waals surface area contributed by atoms with Crippen molar-refractivity contribution in [3.05, 3.63) is 0 Å². The molecule has 0 aliphatic rings. The minimum absolute atomic E-state index is 0.0311. The van der Waals surface area contributed by atoms with Crippen LogP contribution in [0.2, 0.25) is 0 Å². The third-order valence-corrected chi connectivity index (χ3v) is 1.51. The first kappa shape index (κ1) is 12.4. The monoisotopic (exact) mass is 188 g/mol. The number of aliphatic hydroxyl groups is 1. The van der Waals surface area contributed by atoms with Crippen molar-refractivity contribution in [3.8, 4) is 0 Å². The Kier molecular flexibility index (Phi) is 4.40. The number of hydrogen-bond acceptors (Lipinski definition) is 3. The van der Waals surface area contributed by atoms with Gasteiger partial charge in [0.15, 0.2) is 0 Å². The van der Waals surface area contributed by atoms with Crippen LogP contribution in [0.4, 0.5) is 0 Å². The van der Waals surface area contributed by atoms with E-state index in [1.54, 1.807) is 13.8 Å². The molecule has 78 valence electrons. The quantitative estimate of drug-likeness (QED) is 0.544. The van der Waals surface area contributed by atoms with Crippen LogP contribution in [0.25, 0.3) is 0 Å². The first-order valence-electron chi connectivity index (χ1n) is 4.61. The molecule has 1 N–H and O–H groups in total. The lowest BCUT2D eigenvalue weighted by molar-refractivity contribution is -0.175. The van der Waals surface area contributed by atoms with Gasteiger partial charge < -0.3 is 9.84 Å². The number of rotatable bonds is 3. The first-order valence-corrected chi connectivity index (χ1v) is 4.61. The SMILES string of the molecule is CC(C)C(=O)OC(O)CC(C)(C)C. The summed E-state index contributed by atoms with van der Waals surface area (Å²) in [7, 11) is 0. The highest BCUT2D eigenvalue weighted by atomic mass is 16.6. The van der Waals surface area contributed by atoms with Gasteiger partial charge in [0.2, 0.25) is 6.29 Å². The van der Waals surface area contributed by atoms with E-state index in [2.05, 4.69) is 0 Å². The van der Waals surface area contributed by atoms with Crippen LogP contribution < -0.4 is 0 Å². The Morgan fingerprint density at radius 3 is 2.15 bits per heavy atom. The molecule has 3 nitrogen and oxygen atoms in total. The molecule has 0 aromatic heterocycles. The smallest absolute Gasteiger partial charge is 0.310 e. The van der Waals surface area contributed by atoms with Crippen molar-refractivity contribution in [1.29, 1.82) is 0 Å². The van der Waals surface area contributed by atoms with E-state index < -0.39 is 6.29 Å². The van der Waals surface area contributed by atoms with E-state index in [-0.39, 0.29) is 17.3 Å². The topological polar surface area (TPSA) is 46.5 Å². The largest absolute Gasteiger partial charge is 0.436 e. The number of hydrogen-bond donors (Lipinski definition) is 1. The third kappa shape index (κ3) is 6.58. The fourth-order valence-corrected chi connectivity index (χ4v) is 0.836. The van der Waals surface area contributed by atoms with Gasteiger partial charge in [0, 0.05) is 6.42 Å². The molecule has 0 aromatic rings. The highest BCUT2D eigenvalue weighted by Gasteiger charge is 2.20. The lowest BCUT2D eigenvalue weighted by Crippen LogP contribution is -2.25. The van der Waals surface area contributed by atoms with Gasteiger partial charge in [0.1, 0.15) is 0 Å². The van der Waals surface area contributed by atoms with Crippen molar-refractivity contribution in [2.45, 2.75) is 47.3 Å². The molecule has 0 rings (SSSR count). The molecule has 1 atom stereocenters. The van der Waals surface area contributed by atoms with Crippen LogP contribution in [0.15, 0.2) is 0 Å². The van der Waals surface area contributed by atoms with Crippen LogP contribution in [0.3, 0.4) is 0 Å². The molecule has 0 aromatic carbocycles. The minimum atomic E-state index is -0.977. The molecule has 0 heterocycles. The van der Waals surface area contributed by atoms with Crippen molar-refractivity contribution >= 4 is 5.97 Å². The van der Waals surface area contributed by atoms with E-state index >= 15 is 0 Å². The van der Waals surface area contributed by atoms with Crippen molar-refractivity contribution in [3.63, 3.8) is 0 Å². The molecule has 0 bridgehead atoms. The van der Waals surface area contributed by atoms with Crippen molar-refractivity contribution < 1.29 is 14.6 Å². The summed E-state index contributed by atoms with van der Waals surface area (Å²) in [6.45, 7) is 9.44. The summed E-state index contributed by atoms with van der Waals surface area (Å²) >= 11 is 0. The summed E-state index contributed by atoms with van der Waals surface area (Å²) in [4.78, 5) is 11.1. The second-order valence-corrected chi connectivity index (χ2v) is 4.81. The van der Waals surface area contributed by atoms with Crippen LogP contribution in [0.1, 0.15) is 41.0 Å². The summed E-state index contributed by atoms with van der Waals surface area (Å²) in [6.07, 6.45) is -0.513. The Hall–Kier alpha value is -0.570. The van der Waals surface area contributed by atoms with Gasteiger partial charge in [0.25, 0.3) is 0 Å². The van der Waals surface area contributed by atoms with Gasteiger partial charge in [-0.3, -0.25) is 4.79 Å². The van der Waals surface area contributed by atoms with E-state index in [9.17, 15) is 9.90 Å². The summed E-state index contributed by atoms with van der Waals surface area (Å²) in [6, 6.07) is 0. The summed E-state index contributed by atoms with van der Waals surface area (Å²) in [5.41, 5.74) is -0.0311. The van der Waals surface area contributed by atoms with Gasteiger partial charge in [-0.15, -0.1) is 0 Å². The lowest BCUT2D eigenvalue weighted by Gasteiger charge is -2.22. The average Bonchev–Trinajstić information content (AvgIpc) is 1.81. The molecule has 0 aliphatic heterocycles. The van der Waals surface area contributed by atoms with Crippen LogP contribution in [0, 0.1) is 11.3 Å². The van der Waals surface area contributed by atoms with Gasteiger partial charge in [-0.1, -0.05) is 34.6 Å². The zero-order valence-corrected chi connectivity index (χ0v) is 9.13. The van der Waals surface area contributed by atoms with E-state index in [1.165, 1.54) is 0 Å². The van der Waals surface area contributed by atoms with E-state index in [0.717, 1.165) is 0 Å². The van der Waals surface area contributed by atoms with Gasteiger partial charge in [-0.05, 0) is 5.41 Å². The first-order chi connectivity index (χ1) is 5.72. The summed E-state index contributed by atoms with van der Waals surface area (Å²) in [5, 5.41) is 9.36. The van der Waals surface area contributed by atoms with Gasteiger partial charge in [-0.25, -0.2) is 0 Å². The second kappa shape index (κ2) is 4.61. The van der Waals surface area contributed by atoms with Crippen molar-refractivity contribution in [1.82, 2.24) is 0 Å². The number of carbonyl (C=O) groups excluding carboxylic acids is 1. The highest BCUT2D eigenvalue weighted by Crippen LogP contribution is 2.21. The Morgan fingerprint density at radius 2 is 1.85 bits per heavy atom. The predicted molar refractivity (Wildman–Crippen MR) is 51.0 cm³/mol. The summed E-state index contributed by atoms with van der Waals surface area (Å²) in [5.74, 6) is -0.536. The zero-order valence-electron chi connectivity index (χ0n) is 9.13. The van der Waals surface area contributed by atoms with Crippen LogP contribution in [-0.2, 0) is 9.53 Å². The summed E-state index contributed by atoms with van der Waals surface area (Å²) < 4.78 is 4.80. The Balaban J connectivity index is 3.88. The molecule has 3 heteroatoms. The average molecular weight is 188 g/mol. The number of esters is 1. The van der Waals surface area contributed by atoms with E-state index in [4.69, 9.17) is 4.74 Å². The van der Waals surface area contributed by atoms with Crippen LogP contribution in [0.5, 0.6) is 0 Å². The maximum atomic E-state index is 11.1. The molecule has 1 unspecified atom stereocenters. The molecule has 0 aliphatic carbocycles. The lowest BCUT2D eigenvalue weighted by atomic mass is 9.92. The van der Waals surface area contributed by atoms with Crippen LogP contribution in [-0.4, -0.2) is 17.4 Å². The third-order valence-electron chi connectivity index (χ3n) is 1.51. The highest BCUT2D eigenvalue weighted by molar-refractivity contribution is 5.71. The minimum Gasteiger partial charge on any atom is -0.436 e.